The van der Waals surface area contributed by atoms with E-state index < -0.39 is 56.0 Å². The first kappa shape index (κ1) is 26.8. The van der Waals surface area contributed by atoms with Gasteiger partial charge in [-0.05, 0) is 34.6 Å². The van der Waals surface area contributed by atoms with Crippen LogP contribution in [0.1, 0.15) is 40.8 Å². The van der Waals surface area contributed by atoms with Crippen LogP contribution in [0.5, 0.6) is 0 Å². The summed E-state index contributed by atoms with van der Waals surface area (Å²) in [5, 5.41) is 13.6. The first-order valence-corrected chi connectivity index (χ1v) is 12.9. The van der Waals surface area contributed by atoms with Gasteiger partial charge in [0, 0.05) is 0 Å². The van der Waals surface area contributed by atoms with Crippen molar-refractivity contribution in [3.8, 4) is 0 Å². The van der Waals surface area contributed by atoms with Crippen molar-refractivity contribution >= 4 is 30.7 Å². The van der Waals surface area contributed by atoms with Crippen LogP contribution in [0, 0.1) is 6.08 Å². The molecular weight excluding hydrogens is 502 g/mol. The van der Waals surface area contributed by atoms with Crippen molar-refractivity contribution < 1.29 is 42.1 Å². The molecule has 14 nitrogen and oxygen atoms in total. The minimum Gasteiger partial charge on any atom is -0.462 e. The Morgan fingerprint density at radius 3 is 2.81 bits per heavy atom. The number of nitrogens with one attached hydrogen (secondary N) is 1. The lowest BCUT2D eigenvalue weighted by Gasteiger charge is -2.31. The second kappa shape index (κ2) is 9.89. The number of rotatable bonds is 5. The number of ether oxygens (including phenoxy) is 3. The van der Waals surface area contributed by atoms with Gasteiger partial charge in [0.25, 0.3) is 0 Å². The summed E-state index contributed by atoms with van der Waals surface area (Å²) in [6.45, 7) is 7.66. The van der Waals surface area contributed by atoms with E-state index in [-0.39, 0.29) is 36.3 Å². The molecule has 0 radical (unpaired) electrons. The SMILES string of the molecule is CC(C)OC(=O)C(C)NP1(=O)OC[C@H]2O[C@@H](n3cnc4c(N)nc(F)nc43)[C@H](O)C2OCC(C)(C)O1. The average Bonchev–Trinajstić information content (AvgIpc) is 3.31. The van der Waals surface area contributed by atoms with Gasteiger partial charge in [-0.15, -0.1) is 0 Å². The highest BCUT2D eigenvalue weighted by atomic mass is 31.2. The van der Waals surface area contributed by atoms with Gasteiger partial charge in [-0.1, -0.05) is 0 Å². The lowest BCUT2D eigenvalue weighted by atomic mass is 10.1. The topological polar surface area (TPSA) is 182 Å². The van der Waals surface area contributed by atoms with E-state index in [2.05, 4.69) is 20.0 Å². The second-order valence-electron chi connectivity index (χ2n) is 9.51. The summed E-state index contributed by atoms with van der Waals surface area (Å²) in [7, 11) is -4.09. The van der Waals surface area contributed by atoms with Crippen LogP contribution >= 0.6 is 7.75 Å². The van der Waals surface area contributed by atoms with E-state index in [9.17, 15) is 18.9 Å². The quantitative estimate of drug-likeness (QED) is 0.283. The molecule has 0 amide bonds. The molecule has 0 aliphatic carbocycles. The number of esters is 1. The standard InChI is InChI=1S/C20H30FN6O8P/c1-9(2)33-18(29)10(3)26-36(30)32-6-11-14(31-7-20(4,5)35-36)13(28)17(34-11)27-8-23-12-15(22)24-19(21)25-16(12)27/h8-11,13-14,17,28H,6-7H2,1-5H3,(H,26,30)(H2,22,24,25)/t10?,11-,13-,14?,17-,36?/m1/s1. The van der Waals surface area contributed by atoms with E-state index >= 15 is 0 Å². The fourth-order valence-corrected chi connectivity index (χ4v) is 5.73. The van der Waals surface area contributed by atoms with E-state index in [0.29, 0.717) is 0 Å². The Balaban J connectivity index is 1.57. The molecular formula is C20H30FN6O8P. The monoisotopic (exact) mass is 532 g/mol. The van der Waals surface area contributed by atoms with E-state index in [1.807, 2.05) is 0 Å². The van der Waals surface area contributed by atoms with Gasteiger partial charge >= 0.3 is 19.8 Å². The van der Waals surface area contributed by atoms with Crippen molar-refractivity contribution in [2.24, 2.45) is 0 Å². The lowest BCUT2D eigenvalue weighted by molar-refractivity contribution is -0.149. The van der Waals surface area contributed by atoms with Crippen LogP contribution in [-0.4, -0.2) is 79.9 Å². The Labute approximate surface area is 206 Å². The van der Waals surface area contributed by atoms with Crippen molar-refractivity contribution in [2.45, 2.75) is 76.9 Å². The van der Waals surface area contributed by atoms with Crippen molar-refractivity contribution in [3.63, 3.8) is 0 Å². The molecule has 3 unspecified atom stereocenters. The summed E-state index contributed by atoms with van der Waals surface area (Å²) in [5.41, 5.74) is 4.73. The van der Waals surface area contributed by atoms with Gasteiger partial charge in [-0.2, -0.15) is 14.4 Å². The van der Waals surface area contributed by atoms with E-state index in [1.54, 1.807) is 27.7 Å². The van der Waals surface area contributed by atoms with Crippen LogP contribution in [-0.2, 0) is 32.6 Å². The van der Waals surface area contributed by atoms with Crippen LogP contribution in [0.4, 0.5) is 10.2 Å². The molecule has 36 heavy (non-hydrogen) atoms. The second-order valence-corrected chi connectivity index (χ2v) is 11.2. The molecule has 4 heterocycles. The summed E-state index contributed by atoms with van der Waals surface area (Å²) in [6.07, 6.45) is -4.36. The minimum absolute atomic E-state index is 0.0185. The Morgan fingerprint density at radius 2 is 2.11 bits per heavy atom. The van der Waals surface area contributed by atoms with Gasteiger partial charge in [0.2, 0.25) is 0 Å². The van der Waals surface area contributed by atoms with Crippen molar-refractivity contribution in [2.75, 3.05) is 18.9 Å². The Kier molecular flexibility index (Phi) is 7.36. The highest BCUT2D eigenvalue weighted by Crippen LogP contribution is 2.50. The van der Waals surface area contributed by atoms with Crippen LogP contribution in [0.15, 0.2) is 6.33 Å². The summed E-state index contributed by atoms with van der Waals surface area (Å²) in [4.78, 5) is 23.5. The number of carbonyl (C=O) groups is 1. The molecule has 0 bridgehead atoms. The molecule has 4 rings (SSSR count). The van der Waals surface area contributed by atoms with Crippen molar-refractivity contribution in [1.29, 1.82) is 0 Å². The van der Waals surface area contributed by atoms with Crippen LogP contribution in [0.2, 0.25) is 0 Å². The number of hydrogen-bond donors (Lipinski definition) is 3. The first-order valence-electron chi connectivity index (χ1n) is 11.3. The number of nitrogens with two attached hydrogens (primary N) is 1. The fraction of sp³-hybridized carbons (Fsp3) is 0.700. The number of halogens is 1. The van der Waals surface area contributed by atoms with Crippen LogP contribution in [0.25, 0.3) is 11.2 Å². The average molecular weight is 532 g/mol. The van der Waals surface area contributed by atoms with Gasteiger partial charge in [-0.3, -0.25) is 18.4 Å². The molecule has 2 aliphatic heterocycles. The molecule has 2 aliphatic rings. The van der Waals surface area contributed by atoms with Crippen molar-refractivity contribution in [3.05, 3.63) is 12.4 Å². The molecule has 0 spiro atoms. The van der Waals surface area contributed by atoms with Gasteiger partial charge in [-0.25, -0.2) is 14.6 Å². The molecule has 2 aromatic rings. The minimum atomic E-state index is -4.09. The third kappa shape index (κ3) is 5.52. The zero-order valence-electron chi connectivity index (χ0n) is 20.5. The summed E-state index contributed by atoms with van der Waals surface area (Å²) < 4.78 is 57.1. The number of hydrogen-bond acceptors (Lipinski definition) is 12. The van der Waals surface area contributed by atoms with Gasteiger partial charge < -0.3 is 25.1 Å². The number of imidazole rings is 1. The molecule has 4 N–H and O–H groups in total. The number of carbonyl (C=O) groups excluding carboxylic acids is 1. The van der Waals surface area contributed by atoms with Gasteiger partial charge in [0.15, 0.2) is 23.2 Å². The maximum absolute atomic E-state index is 13.8. The molecule has 0 saturated carbocycles. The number of aliphatic hydroxyl groups excluding tert-OH is 1. The Hall–Kier alpha value is -2.26. The fourth-order valence-electron chi connectivity index (χ4n) is 3.92. The summed E-state index contributed by atoms with van der Waals surface area (Å²) in [5.74, 6) is -0.797. The third-order valence-electron chi connectivity index (χ3n) is 5.46. The molecule has 200 valence electrons. The third-order valence-corrected chi connectivity index (χ3v) is 7.39. The normalized spacial score (nSPS) is 31.4. The number of aromatic nitrogens is 4. The number of nitrogens with zero attached hydrogens (tertiary/aromatic N) is 4. The van der Waals surface area contributed by atoms with Gasteiger partial charge in [0.05, 0.1) is 31.2 Å². The summed E-state index contributed by atoms with van der Waals surface area (Å²) >= 11 is 0. The first-order chi connectivity index (χ1) is 16.8. The summed E-state index contributed by atoms with van der Waals surface area (Å²) in [6, 6.07) is -1.01. The molecule has 0 aromatic carbocycles. The number of aliphatic hydroxyl groups is 1. The Bertz CT molecular complexity index is 1180. The number of nitrogen functional groups attached to an aromatic ring is 1. The van der Waals surface area contributed by atoms with Gasteiger partial charge in [0.1, 0.15) is 24.4 Å². The molecule has 16 heteroatoms. The predicted octanol–water partition coefficient (Wildman–Crippen LogP) is 1.05. The van der Waals surface area contributed by atoms with E-state index in [4.69, 9.17) is 29.0 Å². The number of fused-ring (bicyclic) bond motifs is 2. The predicted molar refractivity (Wildman–Crippen MR) is 122 cm³/mol. The van der Waals surface area contributed by atoms with Crippen LogP contribution in [0.3, 0.4) is 0 Å². The number of anilines is 1. The maximum atomic E-state index is 13.8. The highest BCUT2D eigenvalue weighted by Gasteiger charge is 2.50. The maximum Gasteiger partial charge on any atom is 0.406 e. The van der Waals surface area contributed by atoms with Crippen LogP contribution < -0.4 is 10.8 Å². The molecule has 2 fully saturated rings. The van der Waals surface area contributed by atoms with E-state index in [0.717, 1.165) is 0 Å². The van der Waals surface area contributed by atoms with E-state index in [1.165, 1.54) is 17.8 Å². The lowest BCUT2D eigenvalue weighted by Crippen LogP contribution is -2.40. The van der Waals surface area contributed by atoms with Crippen molar-refractivity contribution in [1.82, 2.24) is 24.6 Å². The zero-order valence-corrected chi connectivity index (χ0v) is 21.3. The molecule has 2 aromatic heterocycles. The molecule has 6 atom stereocenters. The molecule has 2 saturated heterocycles. The zero-order chi connectivity index (χ0) is 26.4. The highest BCUT2D eigenvalue weighted by molar-refractivity contribution is 7.51. The Morgan fingerprint density at radius 1 is 1.39 bits per heavy atom. The largest absolute Gasteiger partial charge is 0.462 e. The smallest absolute Gasteiger partial charge is 0.406 e.